The second-order valence-corrected chi connectivity index (χ2v) is 15.4. The van der Waals surface area contributed by atoms with Gasteiger partial charge in [0.15, 0.2) is 0 Å². The van der Waals surface area contributed by atoms with E-state index in [4.69, 9.17) is 0 Å². The van der Waals surface area contributed by atoms with Crippen LogP contribution in [-0.2, 0) is 0 Å². The van der Waals surface area contributed by atoms with Crippen LogP contribution in [0.25, 0.3) is 54.6 Å². The van der Waals surface area contributed by atoms with E-state index in [0.29, 0.717) is 0 Å². The van der Waals surface area contributed by atoms with Crippen molar-refractivity contribution in [3.05, 3.63) is 120 Å². The van der Waals surface area contributed by atoms with E-state index in [1.54, 1.807) is 0 Å². The molecule has 6 aromatic carbocycles. The van der Waals surface area contributed by atoms with Gasteiger partial charge in [-0.05, 0) is 153 Å². The van der Waals surface area contributed by atoms with Crippen molar-refractivity contribution in [3.8, 4) is 22.3 Å². The summed E-state index contributed by atoms with van der Waals surface area (Å²) in [6.07, 6.45) is 16.5. The van der Waals surface area contributed by atoms with Crippen LogP contribution in [-0.4, -0.2) is 0 Å². The summed E-state index contributed by atoms with van der Waals surface area (Å²) in [6.45, 7) is 4.66. The maximum absolute atomic E-state index is 2.40. The van der Waals surface area contributed by atoms with Crippen molar-refractivity contribution in [2.75, 3.05) is 0 Å². The fraction of sp³-hybridized carbons (Fsp3) is 0.375. The van der Waals surface area contributed by atoms with Gasteiger partial charge in [-0.2, -0.15) is 0 Å². The molecule has 6 aromatic rings. The van der Waals surface area contributed by atoms with E-state index in [9.17, 15) is 0 Å². The Balaban J connectivity index is 1.00. The van der Waals surface area contributed by atoms with Crippen molar-refractivity contribution in [1.82, 2.24) is 0 Å². The lowest BCUT2D eigenvalue weighted by atomic mass is 9.77. The Morgan fingerprint density at radius 1 is 0.375 bits per heavy atom. The molecular formula is C48H52. The molecule has 0 aliphatic heterocycles. The number of benzene rings is 6. The fourth-order valence-electron chi connectivity index (χ4n) is 9.53. The molecule has 2 fully saturated rings. The molecule has 244 valence electrons. The van der Waals surface area contributed by atoms with Gasteiger partial charge in [0.1, 0.15) is 0 Å². The lowest BCUT2D eigenvalue weighted by Gasteiger charge is -2.28. The molecular weight excluding hydrogens is 577 g/mol. The van der Waals surface area contributed by atoms with E-state index in [0.717, 1.165) is 23.7 Å². The molecule has 0 saturated heterocycles. The van der Waals surface area contributed by atoms with Crippen molar-refractivity contribution < 1.29 is 0 Å². The minimum atomic E-state index is 0.742. The lowest BCUT2D eigenvalue weighted by molar-refractivity contribution is 0.308. The zero-order valence-corrected chi connectivity index (χ0v) is 29.2. The summed E-state index contributed by atoms with van der Waals surface area (Å²) in [5, 5.41) is 7.98. The highest BCUT2D eigenvalue weighted by Gasteiger charge is 2.23. The summed E-state index contributed by atoms with van der Waals surface area (Å²) in [7, 11) is 0. The molecule has 0 amide bonds. The molecule has 2 aliphatic rings. The van der Waals surface area contributed by atoms with Crippen molar-refractivity contribution in [3.63, 3.8) is 0 Å². The highest BCUT2D eigenvalue weighted by Crippen LogP contribution is 2.40. The quantitative estimate of drug-likeness (QED) is 0.147. The predicted molar refractivity (Wildman–Crippen MR) is 209 cm³/mol. The molecule has 0 heteroatoms. The van der Waals surface area contributed by atoms with Crippen LogP contribution in [0.5, 0.6) is 0 Å². The van der Waals surface area contributed by atoms with Crippen LogP contribution in [0.4, 0.5) is 0 Å². The van der Waals surface area contributed by atoms with E-state index in [2.05, 4.69) is 123 Å². The molecule has 0 atom stereocenters. The van der Waals surface area contributed by atoms with Gasteiger partial charge in [0.05, 0.1) is 0 Å². The van der Waals surface area contributed by atoms with Gasteiger partial charge in [-0.1, -0.05) is 137 Å². The molecule has 0 aromatic heterocycles. The molecule has 8 rings (SSSR count). The topological polar surface area (TPSA) is 0 Å². The van der Waals surface area contributed by atoms with Gasteiger partial charge in [0, 0.05) is 0 Å². The molecule has 0 unspecified atom stereocenters. The minimum Gasteiger partial charge on any atom is -0.0654 e. The Labute approximate surface area is 288 Å². The van der Waals surface area contributed by atoms with E-state index < -0.39 is 0 Å². The molecule has 0 spiro atoms. The van der Waals surface area contributed by atoms with Crippen LogP contribution < -0.4 is 0 Å². The van der Waals surface area contributed by atoms with Gasteiger partial charge < -0.3 is 0 Å². The van der Waals surface area contributed by atoms with Crippen molar-refractivity contribution in [2.24, 2.45) is 11.8 Å². The van der Waals surface area contributed by atoms with Crippen molar-refractivity contribution >= 4 is 32.3 Å². The monoisotopic (exact) mass is 628 g/mol. The smallest absolute Gasteiger partial charge is 0.00990 e. The predicted octanol–water partition coefficient (Wildman–Crippen LogP) is 14.6. The third-order valence-electron chi connectivity index (χ3n) is 12.4. The summed E-state index contributed by atoms with van der Waals surface area (Å²) in [5.41, 5.74) is 8.32. The molecule has 48 heavy (non-hydrogen) atoms. The Bertz CT molecular complexity index is 1850. The molecule has 0 N–H and O–H groups in total. The van der Waals surface area contributed by atoms with Gasteiger partial charge in [0.25, 0.3) is 0 Å². The van der Waals surface area contributed by atoms with Gasteiger partial charge in [-0.3, -0.25) is 0 Å². The normalized spacial score (nSPS) is 21.6. The zero-order chi connectivity index (χ0) is 32.5. The second-order valence-electron chi connectivity index (χ2n) is 15.4. The Kier molecular flexibility index (Phi) is 9.09. The van der Waals surface area contributed by atoms with E-state index in [1.165, 1.54) is 143 Å². The first-order chi connectivity index (χ1) is 23.7. The third-order valence-corrected chi connectivity index (χ3v) is 12.4. The Morgan fingerprint density at radius 2 is 0.729 bits per heavy atom. The summed E-state index contributed by atoms with van der Waals surface area (Å²) >= 11 is 0. The number of hydrogen-bond donors (Lipinski definition) is 0. The summed E-state index contributed by atoms with van der Waals surface area (Å²) in [5.74, 6) is 3.40. The van der Waals surface area contributed by atoms with Gasteiger partial charge in [0.2, 0.25) is 0 Å². The highest BCUT2D eigenvalue weighted by atomic mass is 14.3. The highest BCUT2D eigenvalue weighted by molar-refractivity contribution is 6.18. The van der Waals surface area contributed by atoms with Gasteiger partial charge in [-0.25, -0.2) is 0 Å². The molecule has 0 radical (unpaired) electrons. The number of rotatable bonds is 8. The molecule has 0 bridgehead atoms. The van der Waals surface area contributed by atoms with Gasteiger partial charge in [-0.15, -0.1) is 0 Å². The maximum atomic E-state index is 2.40. The standard InChI is InChI=1S/C48H52/c1-3-5-33-7-11-35(12-8-33)37-15-19-39(20-16-37)41-23-27-45-43(31-41)25-29-48-46-28-24-42(32-44(46)26-30-47(45)48)40-21-17-38(18-22-40)36-13-9-34(6-4-2)10-14-36/h15-36H,3-14H2,1-2H3. The average molecular weight is 629 g/mol. The first-order valence-corrected chi connectivity index (χ1v) is 19.3. The largest absolute Gasteiger partial charge is 0.0654 e. The fourth-order valence-corrected chi connectivity index (χ4v) is 9.53. The molecule has 2 aliphatic carbocycles. The van der Waals surface area contributed by atoms with Crippen LogP contribution in [0.2, 0.25) is 0 Å². The first kappa shape index (κ1) is 31.4. The maximum Gasteiger partial charge on any atom is -0.00990 e. The zero-order valence-electron chi connectivity index (χ0n) is 29.2. The molecule has 0 heterocycles. The van der Waals surface area contributed by atoms with Crippen molar-refractivity contribution in [2.45, 2.75) is 103 Å². The van der Waals surface area contributed by atoms with Crippen molar-refractivity contribution in [1.29, 1.82) is 0 Å². The first-order valence-electron chi connectivity index (χ1n) is 19.3. The summed E-state index contributed by atoms with van der Waals surface area (Å²) in [6, 6.07) is 42.4. The number of hydrogen-bond acceptors (Lipinski definition) is 0. The average Bonchev–Trinajstić information content (AvgIpc) is 3.15. The van der Waals surface area contributed by atoms with Crippen LogP contribution in [0, 0.1) is 11.8 Å². The summed E-state index contributed by atoms with van der Waals surface area (Å²) in [4.78, 5) is 0. The Morgan fingerprint density at radius 3 is 1.10 bits per heavy atom. The van der Waals surface area contributed by atoms with Crippen LogP contribution in [0.3, 0.4) is 0 Å². The molecule has 0 nitrogen and oxygen atoms in total. The third kappa shape index (κ3) is 6.32. The Hall–Kier alpha value is -3.90. The van der Waals surface area contributed by atoms with Crippen LogP contribution in [0.1, 0.15) is 114 Å². The second kappa shape index (κ2) is 13.9. The molecule has 2 saturated carbocycles. The van der Waals surface area contributed by atoms with E-state index in [-0.39, 0.29) is 0 Å². The SMILES string of the molecule is CCCC1CCC(c2ccc(-c3ccc4c(ccc5c6ccc(-c7ccc(C8CCC(CCC)CC8)cc7)cc6ccc45)c3)cc2)CC1. The van der Waals surface area contributed by atoms with Crippen LogP contribution >= 0.6 is 0 Å². The van der Waals surface area contributed by atoms with E-state index >= 15 is 0 Å². The van der Waals surface area contributed by atoms with Crippen LogP contribution in [0.15, 0.2) is 109 Å². The summed E-state index contributed by atoms with van der Waals surface area (Å²) < 4.78 is 0. The lowest BCUT2D eigenvalue weighted by Crippen LogP contribution is -2.13. The van der Waals surface area contributed by atoms with Gasteiger partial charge >= 0.3 is 0 Å². The van der Waals surface area contributed by atoms with E-state index in [1.807, 2.05) is 0 Å². The number of fused-ring (bicyclic) bond motifs is 5. The minimum absolute atomic E-state index is 0.742.